The Morgan fingerprint density at radius 2 is 1.06 bits per heavy atom. The molecule has 0 radical (unpaired) electrons. The molecule has 2 aromatic carbocycles. The summed E-state index contributed by atoms with van der Waals surface area (Å²) < 4.78 is 8.25. The maximum atomic E-state index is 5.53. The molecule has 0 fully saturated rings. The van der Waals surface area contributed by atoms with Crippen molar-refractivity contribution in [2.75, 3.05) is 0 Å². The molecule has 0 saturated heterocycles. The molecule has 0 bridgehead atoms. The average molecular weight is 392 g/mol. The van der Waals surface area contributed by atoms with Crippen LogP contribution in [0.2, 0.25) is 0 Å². The average Bonchev–Trinajstić information content (AvgIpc) is 2.41. The molecular weight excluding hydrogens is 382 g/mol. The van der Waals surface area contributed by atoms with Crippen LogP contribution in [0.25, 0.3) is 0 Å². The third-order valence-electron chi connectivity index (χ3n) is 1.80. The fourth-order valence-electron chi connectivity index (χ4n) is 1.07. The van der Waals surface area contributed by atoms with E-state index in [0.717, 1.165) is 0 Å². The molecule has 0 aliphatic heterocycles. The van der Waals surface area contributed by atoms with Crippen LogP contribution in [0.15, 0.2) is 60.7 Å². The Kier molecular flexibility index (Phi) is 6.61. The molecule has 1 nitrogen and oxygen atoms in total. The Bertz CT molecular complexity index is 384. The molecule has 0 atom stereocenters. The van der Waals surface area contributed by atoms with Gasteiger partial charge in [-0.2, -0.15) is 0 Å². The van der Waals surface area contributed by atoms with Gasteiger partial charge in [0.2, 0.25) is 0 Å². The summed E-state index contributed by atoms with van der Waals surface area (Å²) in [7, 11) is 3.13. The van der Waals surface area contributed by atoms with Crippen molar-refractivity contribution >= 4 is 57.5 Å². The summed E-state index contributed by atoms with van der Waals surface area (Å²) in [5, 5.41) is 0. The van der Waals surface area contributed by atoms with E-state index in [4.69, 9.17) is 3.63 Å². The van der Waals surface area contributed by atoms with E-state index < -0.39 is 0 Å². The second kappa shape index (κ2) is 8.28. The molecule has 0 heterocycles. The first-order valence-electron chi connectivity index (χ1n) is 4.90. The maximum absolute atomic E-state index is 5.53. The molecule has 17 heavy (non-hydrogen) atoms. The topological polar surface area (TPSA) is 9.23 Å². The van der Waals surface area contributed by atoms with Gasteiger partial charge in [-0.3, -0.25) is 0 Å². The second-order valence-corrected chi connectivity index (χ2v) is 9.94. The number of hydrogen-bond donors (Lipinski definition) is 0. The minimum absolute atomic E-state index is 0.348. The van der Waals surface area contributed by atoms with Crippen LogP contribution in [-0.4, -0.2) is 27.7 Å². The summed E-state index contributed by atoms with van der Waals surface area (Å²) in [6.45, 7) is 0. The van der Waals surface area contributed by atoms with Crippen molar-refractivity contribution in [2.45, 2.75) is 0 Å². The molecule has 2 aromatic rings. The Balaban J connectivity index is 1.61. The van der Waals surface area contributed by atoms with E-state index in [0.29, 0.717) is 27.7 Å². The summed E-state index contributed by atoms with van der Waals surface area (Å²) >= 11 is 0.696. The van der Waals surface area contributed by atoms with E-state index >= 15 is 0 Å². The molecule has 0 N–H and O–H groups in total. The molecule has 0 amide bonds. The van der Waals surface area contributed by atoms with Gasteiger partial charge in [-0.05, 0) is 0 Å². The summed E-state index contributed by atoms with van der Waals surface area (Å²) in [6, 6.07) is 20.9. The SMILES string of the molecule is c1ccc([Se]SOS[Se]c2ccccc2)cc1. The third kappa shape index (κ3) is 5.54. The van der Waals surface area contributed by atoms with Gasteiger partial charge in [0.25, 0.3) is 0 Å². The fraction of sp³-hybridized carbons (Fsp3) is 0. The molecule has 0 aromatic heterocycles. The van der Waals surface area contributed by atoms with Gasteiger partial charge < -0.3 is 0 Å². The Morgan fingerprint density at radius 3 is 1.47 bits per heavy atom. The normalized spacial score (nSPS) is 10.4. The first kappa shape index (κ1) is 13.6. The van der Waals surface area contributed by atoms with E-state index in [1.54, 1.807) is 20.9 Å². The van der Waals surface area contributed by atoms with E-state index in [-0.39, 0.29) is 0 Å². The molecule has 2 rings (SSSR count). The second-order valence-electron chi connectivity index (χ2n) is 3.00. The van der Waals surface area contributed by atoms with E-state index in [1.807, 2.05) is 12.1 Å². The van der Waals surface area contributed by atoms with Crippen LogP contribution in [-0.2, 0) is 3.63 Å². The van der Waals surface area contributed by atoms with Gasteiger partial charge in [-0.1, -0.05) is 0 Å². The standard InChI is InChI=1S/C12H10OS2Se2/c1-3-7-11(8-4-1)16-14-13-15-17-12-9-5-2-6-10-12/h1-10H. The molecule has 0 aliphatic carbocycles. The van der Waals surface area contributed by atoms with Crippen LogP contribution in [0, 0.1) is 0 Å². The molecular formula is C12H10OS2Se2. The number of hydrogen-bond acceptors (Lipinski definition) is 3. The quantitative estimate of drug-likeness (QED) is 0.424. The molecule has 0 saturated carbocycles. The van der Waals surface area contributed by atoms with Crippen molar-refractivity contribution in [1.82, 2.24) is 0 Å². The first-order valence-corrected chi connectivity index (χ1v) is 12.1. The van der Waals surface area contributed by atoms with Crippen LogP contribution >= 0.6 is 20.9 Å². The van der Waals surface area contributed by atoms with Crippen molar-refractivity contribution in [3.63, 3.8) is 0 Å². The number of rotatable bonds is 6. The summed E-state index contributed by atoms with van der Waals surface area (Å²) in [5.74, 6) is 0. The molecule has 0 unspecified atom stereocenters. The predicted octanol–water partition coefficient (Wildman–Crippen LogP) is 2.19. The monoisotopic (exact) mass is 394 g/mol. The number of benzene rings is 2. The van der Waals surface area contributed by atoms with Crippen molar-refractivity contribution < 1.29 is 3.63 Å². The first-order chi connectivity index (χ1) is 8.45. The van der Waals surface area contributed by atoms with Crippen molar-refractivity contribution in [3.05, 3.63) is 60.7 Å². The summed E-state index contributed by atoms with van der Waals surface area (Å²) in [5.41, 5.74) is 0. The van der Waals surface area contributed by atoms with Gasteiger partial charge in [0.05, 0.1) is 0 Å². The fourth-order valence-corrected chi connectivity index (χ4v) is 8.51. The zero-order chi connectivity index (χ0) is 11.8. The van der Waals surface area contributed by atoms with Crippen molar-refractivity contribution in [1.29, 1.82) is 0 Å². The van der Waals surface area contributed by atoms with E-state index in [2.05, 4.69) is 48.5 Å². The van der Waals surface area contributed by atoms with Crippen LogP contribution in [0.1, 0.15) is 0 Å². The predicted molar refractivity (Wildman–Crippen MR) is 79.9 cm³/mol. The molecule has 5 heteroatoms. The van der Waals surface area contributed by atoms with Crippen molar-refractivity contribution in [3.8, 4) is 0 Å². The molecule has 88 valence electrons. The molecule has 0 spiro atoms. The zero-order valence-electron chi connectivity index (χ0n) is 8.81. The third-order valence-corrected chi connectivity index (χ3v) is 9.29. The summed E-state index contributed by atoms with van der Waals surface area (Å²) in [6.07, 6.45) is 0. The van der Waals surface area contributed by atoms with Gasteiger partial charge >= 0.3 is 122 Å². The van der Waals surface area contributed by atoms with Gasteiger partial charge in [0.1, 0.15) is 0 Å². The van der Waals surface area contributed by atoms with Crippen molar-refractivity contribution in [2.24, 2.45) is 0 Å². The Hall–Kier alpha value is 0.139. The minimum atomic E-state index is 0.348. The van der Waals surface area contributed by atoms with Gasteiger partial charge in [0.15, 0.2) is 0 Å². The van der Waals surface area contributed by atoms with Crippen LogP contribution in [0.5, 0.6) is 0 Å². The van der Waals surface area contributed by atoms with Gasteiger partial charge in [-0.15, -0.1) is 0 Å². The molecule has 0 aliphatic rings. The van der Waals surface area contributed by atoms with Crippen LogP contribution < -0.4 is 8.92 Å². The van der Waals surface area contributed by atoms with Gasteiger partial charge in [0, 0.05) is 0 Å². The Morgan fingerprint density at radius 1 is 0.647 bits per heavy atom. The summed E-state index contributed by atoms with van der Waals surface area (Å²) in [4.78, 5) is 0. The van der Waals surface area contributed by atoms with E-state index in [1.165, 1.54) is 8.92 Å². The Labute approximate surface area is 121 Å². The van der Waals surface area contributed by atoms with Crippen LogP contribution in [0.4, 0.5) is 0 Å². The van der Waals surface area contributed by atoms with Gasteiger partial charge in [-0.25, -0.2) is 0 Å². The van der Waals surface area contributed by atoms with Crippen LogP contribution in [0.3, 0.4) is 0 Å². The zero-order valence-corrected chi connectivity index (χ0v) is 13.9. The van der Waals surface area contributed by atoms with E-state index in [9.17, 15) is 0 Å².